The molecule has 1 heterocycles. The maximum absolute atomic E-state index is 13.5. The maximum Gasteiger partial charge on any atom is 0.164 e. The van der Waals surface area contributed by atoms with Crippen LogP contribution in [0.1, 0.15) is 39.2 Å². The molecule has 0 aliphatic carbocycles. The number of nitrogens with zero attached hydrogens (tertiary/aromatic N) is 3. The molecule has 184 valence electrons. The van der Waals surface area contributed by atoms with Gasteiger partial charge < -0.3 is 14.4 Å². The van der Waals surface area contributed by atoms with Gasteiger partial charge in [-0.05, 0) is 49.9 Å². The number of benzene rings is 2. The summed E-state index contributed by atoms with van der Waals surface area (Å²) in [5, 5.41) is 10.1. The van der Waals surface area contributed by atoms with Crippen molar-refractivity contribution in [3.8, 4) is 17.6 Å². The highest BCUT2D eigenvalue weighted by atomic mass is 19.1. The van der Waals surface area contributed by atoms with Crippen LogP contribution in [-0.2, 0) is 5.41 Å². The Morgan fingerprint density at radius 3 is 2.26 bits per heavy atom. The largest absolute Gasteiger partial charge is 0.490 e. The maximum atomic E-state index is 13.5. The smallest absolute Gasteiger partial charge is 0.164 e. The summed E-state index contributed by atoms with van der Waals surface area (Å²) in [5.74, 6) is 0.987. The summed E-state index contributed by atoms with van der Waals surface area (Å²) in [6.07, 6.45) is 1.88. The molecule has 34 heavy (non-hydrogen) atoms. The van der Waals surface area contributed by atoms with Gasteiger partial charge in [0.15, 0.2) is 11.5 Å². The van der Waals surface area contributed by atoms with Crippen molar-refractivity contribution in [3.63, 3.8) is 0 Å². The van der Waals surface area contributed by atoms with Crippen molar-refractivity contribution in [2.75, 3.05) is 52.5 Å². The van der Waals surface area contributed by atoms with Crippen molar-refractivity contribution in [2.45, 2.75) is 39.0 Å². The second kappa shape index (κ2) is 12.7. The number of halogens is 1. The standard InChI is InChI=1S/C28H38FN3O2/c1-4-33-27-21-25(29)11-12-26(27)34-20-19-32-17-15-31(16-18-32)14-8-13-28(22-30,23(2)3)24-9-6-5-7-10-24/h5-7,9-12,21,23H,4,8,13-20H2,1-3H3. The molecule has 3 rings (SSSR count). The fraction of sp³-hybridized carbons (Fsp3) is 0.536. The summed E-state index contributed by atoms with van der Waals surface area (Å²) in [6.45, 7) is 13.1. The Morgan fingerprint density at radius 1 is 0.971 bits per heavy atom. The number of nitriles is 1. The van der Waals surface area contributed by atoms with Gasteiger partial charge in [-0.3, -0.25) is 4.90 Å². The Labute approximate surface area is 204 Å². The van der Waals surface area contributed by atoms with Gasteiger partial charge in [0.05, 0.1) is 18.1 Å². The summed E-state index contributed by atoms with van der Waals surface area (Å²) in [6, 6.07) is 17.3. The third kappa shape index (κ3) is 6.71. The molecule has 6 heteroatoms. The molecule has 0 aromatic heterocycles. The Morgan fingerprint density at radius 2 is 1.65 bits per heavy atom. The van der Waals surface area contributed by atoms with Gasteiger partial charge in [-0.15, -0.1) is 0 Å². The quantitative estimate of drug-likeness (QED) is 0.434. The van der Waals surface area contributed by atoms with Crippen molar-refractivity contribution in [3.05, 3.63) is 59.9 Å². The Balaban J connectivity index is 1.41. The zero-order valence-electron chi connectivity index (χ0n) is 20.8. The van der Waals surface area contributed by atoms with E-state index in [4.69, 9.17) is 9.47 Å². The van der Waals surface area contributed by atoms with Crippen molar-refractivity contribution in [1.29, 1.82) is 5.26 Å². The summed E-state index contributed by atoms with van der Waals surface area (Å²) in [4.78, 5) is 4.90. The first kappa shape index (κ1) is 26.0. The van der Waals surface area contributed by atoms with Gasteiger partial charge in [0.1, 0.15) is 12.4 Å². The molecular formula is C28H38FN3O2. The first-order chi connectivity index (χ1) is 16.5. The van der Waals surface area contributed by atoms with E-state index >= 15 is 0 Å². The summed E-state index contributed by atoms with van der Waals surface area (Å²) in [7, 11) is 0. The zero-order chi connectivity index (χ0) is 24.4. The molecule has 5 nitrogen and oxygen atoms in total. The van der Waals surface area contributed by atoms with Crippen LogP contribution in [0.25, 0.3) is 0 Å². The fourth-order valence-corrected chi connectivity index (χ4v) is 4.72. The van der Waals surface area contributed by atoms with Crippen LogP contribution in [0.15, 0.2) is 48.5 Å². The molecule has 0 radical (unpaired) electrons. The molecule has 1 saturated heterocycles. The van der Waals surface area contributed by atoms with E-state index in [-0.39, 0.29) is 11.7 Å². The van der Waals surface area contributed by atoms with Gasteiger partial charge in [0.2, 0.25) is 0 Å². The number of rotatable bonds is 12. The normalized spacial score (nSPS) is 16.7. The highest BCUT2D eigenvalue weighted by Crippen LogP contribution is 2.36. The van der Waals surface area contributed by atoms with Crippen LogP contribution in [0.5, 0.6) is 11.5 Å². The van der Waals surface area contributed by atoms with Crippen LogP contribution in [0.2, 0.25) is 0 Å². The van der Waals surface area contributed by atoms with Crippen molar-refractivity contribution in [2.24, 2.45) is 5.92 Å². The topological polar surface area (TPSA) is 48.7 Å². The first-order valence-electron chi connectivity index (χ1n) is 12.4. The minimum Gasteiger partial charge on any atom is -0.490 e. The predicted octanol–water partition coefficient (Wildman–Crippen LogP) is 5.12. The van der Waals surface area contributed by atoms with E-state index < -0.39 is 5.41 Å². The lowest BCUT2D eigenvalue weighted by Crippen LogP contribution is -2.47. The lowest BCUT2D eigenvalue weighted by molar-refractivity contribution is 0.113. The molecule has 0 N–H and O–H groups in total. The van der Waals surface area contributed by atoms with E-state index in [1.165, 1.54) is 12.1 Å². The van der Waals surface area contributed by atoms with Gasteiger partial charge in [0, 0.05) is 38.8 Å². The van der Waals surface area contributed by atoms with Crippen molar-refractivity contribution < 1.29 is 13.9 Å². The lowest BCUT2D eigenvalue weighted by Gasteiger charge is -2.36. The first-order valence-corrected chi connectivity index (χ1v) is 12.4. The molecule has 1 unspecified atom stereocenters. The van der Waals surface area contributed by atoms with Crippen molar-refractivity contribution >= 4 is 0 Å². The molecule has 1 aliphatic rings. The second-order valence-electron chi connectivity index (χ2n) is 9.26. The molecule has 1 aliphatic heterocycles. The summed E-state index contributed by atoms with van der Waals surface area (Å²) >= 11 is 0. The van der Waals surface area contributed by atoms with Crippen molar-refractivity contribution in [1.82, 2.24) is 9.80 Å². The van der Waals surface area contributed by atoms with Crippen LogP contribution in [0, 0.1) is 23.1 Å². The highest BCUT2D eigenvalue weighted by molar-refractivity contribution is 5.40. The van der Waals surface area contributed by atoms with Crippen LogP contribution in [0.3, 0.4) is 0 Å². The monoisotopic (exact) mass is 467 g/mol. The predicted molar refractivity (Wildman–Crippen MR) is 134 cm³/mol. The minimum absolute atomic E-state index is 0.265. The number of ether oxygens (including phenoxy) is 2. The van der Waals surface area contributed by atoms with E-state index in [0.717, 1.165) is 57.7 Å². The van der Waals surface area contributed by atoms with E-state index in [9.17, 15) is 9.65 Å². The van der Waals surface area contributed by atoms with Crippen LogP contribution >= 0.6 is 0 Å². The Kier molecular flexibility index (Phi) is 9.74. The molecule has 1 atom stereocenters. The molecule has 0 saturated carbocycles. The number of hydrogen-bond acceptors (Lipinski definition) is 5. The third-order valence-corrected chi connectivity index (χ3v) is 6.86. The SMILES string of the molecule is CCOc1cc(F)ccc1OCCN1CCN(CCCC(C#N)(c2ccccc2)C(C)C)CC1. The van der Waals surface area contributed by atoms with Crippen LogP contribution < -0.4 is 9.47 Å². The Bertz CT molecular complexity index is 923. The van der Waals surface area contributed by atoms with Gasteiger partial charge in [-0.25, -0.2) is 4.39 Å². The summed E-state index contributed by atoms with van der Waals surface area (Å²) in [5.41, 5.74) is 0.701. The van der Waals surface area contributed by atoms with Crippen LogP contribution in [-0.4, -0.2) is 62.3 Å². The van der Waals surface area contributed by atoms with Gasteiger partial charge in [0.25, 0.3) is 0 Å². The van der Waals surface area contributed by atoms with E-state index in [2.05, 4.69) is 41.8 Å². The molecule has 2 aromatic carbocycles. The number of piperazine rings is 1. The average Bonchev–Trinajstić information content (AvgIpc) is 2.85. The summed E-state index contributed by atoms with van der Waals surface area (Å²) < 4.78 is 24.8. The van der Waals surface area contributed by atoms with E-state index in [1.807, 2.05) is 25.1 Å². The number of hydrogen-bond donors (Lipinski definition) is 0. The second-order valence-corrected chi connectivity index (χ2v) is 9.26. The highest BCUT2D eigenvalue weighted by Gasteiger charge is 2.35. The third-order valence-electron chi connectivity index (χ3n) is 6.86. The molecule has 0 amide bonds. The molecule has 0 spiro atoms. The fourth-order valence-electron chi connectivity index (χ4n) is 4.72. The molecule has 0 bridgehead atoms. The molecule has 1 fully saturated rings. The van der Waals surface area contributed by atoms with Crippen LogP contribution in [0.4, 0.5) is 4.39 Å². The lowest BCUT2D eigenvalue weighted by atomic mass is 9.70. The minimum atomic E-state index is -0.429. The van der Waals surface area contributed by atoms with Gasteiger partial charge >= 0.3 is 0 Å². The van der Waals surface area contributed by atoms with Gasteiger partial charge in [-0.1, -0.05) is 44.2 Å². The Hall–Kier alpha value is -2.62. The average molecular weight is 468 g/mol. The molecule has 2 aromatic rings. The van der Waals surface area contributed by atoms with E-state index in [0.29, 0.717) is 24.7 Å². The van der Waals surface area contributed by atoms with Gasteiger partial charge in [-0.2, -0.15) is 5.26 Å². The zero-order valence-corrected chi connectivity index (χ0v) is 20.8. The molecular weight excluding hydrogens is 429 g/mol. The van der Waals surface area contributed by atoms with E-state index in [1.54, 1.807) is 6.07 Å².